The van der Waals surface area contributed by atoms with Crippen molar-refractivity contribution in [2.24, 2.45) is 5.92 Å². The molecular weight excluding hydrogens is 214 g/mol. The van der Waals surface area contributed by atoms with Crippen LogP contribution in [0.15, 0.2) is 0 Å². The van der Waals surface area contributed by atoms with Crippen molar-refractivity contribution in [3.63, 3.8) is 0 Å². The summed E-state index contributed by atoms with van der Waals surface area (Å²) in [4.78, 5) is 2.57. The number of epoxide rings is 2. The topological polar surface area (TPSA) is 28.3 Å². The van der Waals surface area contributed by atoms with Crippen LogP contribution in [-0.4, -0.2) is 50.0 Å². The molecule has 0 spiro atoms. The van der Waals surface area contributed by atoms with Crippen molar-refractivity contribution in [2.75, 3.05) is 32.8 Å². The third-order valence-corrected chi connectivity index (χ3v) is 4.31. The monoisotopic (exact) mass is 239 g/mol. The standard InChI is InChI=1S/C14H25NO2/c1-2-4-12(5-3-1)6-7-15(8-13-10-16-13)9-14-11-17-14/h12-14H,1-11H2. The number of nitrogens with zero attached hydrogens (tertiary/aromatic N) is 1. The molecule has 0 aromatic heterocycles. The van der Waals surface area contributed by atoms with Crippen LogP contribution in [0.5, 0.6) is 0 Å². The molecule has 0 aromatic rings. The van der Waals surface area contributed by atoms with Crippen molar-refractivity contribution in [1.29, 1.82) is 0 Å². The van der Waals surface area contributed by atoms with Crippen molar-refractivity contribution in [3.05, 3.63) is 0 Å². The summed E-state index contributed by atoms with van der Waals surface area (Å²) in [5.74, 6) is 0.992. The summed E-state index contributed by atoms with van der Waals surface area (Å²) in [6, 6.07) is 0. The Kier molecular flexibility index (Phi) is 3.99. The van der Waals surface area contributed by atoms with Gasteiger partial charge in [-0.05, 0) is 18.9 Å². The highest BCUT2D eigenvalue weighted by Crippen LogP contribution is 2.27. The van der Waals surface area contributed by atoms with Crippen molar-refractivity contribution in [1.82, 2.24) is 4.90 Å². The summed E-state index contributed by atoms with van der Waals surface area (Å²) in [7, 11) is 0. The molecule has 2 atom stereocenters. The SMILES string of the molecule is C1CCC(CCN(CC2CO2)CC2CO2)CC1. The Balaban J connectivity index is 1.38. The van der Waals surface area contributed by atoms with E-state index in [4.69, 9.17) is 9.47 Å². The highest BCUT2D eigenvalue weighted by atomic mass is 16.6. The van der Waals surface area contributed by atoms with E-state index in [-0.39, 0.29) is 0 Å². The molecule has 0 bridgehead atoms. The van der Waals surface area contributed by atoms with Gasteiger partial charge in [-0.1, -0.05) is 32.1 Å². The zero-order valence-corrected chi connectivity index (χ0v) is 10.8. The van der Waals surface area contributed by atoms with E-state index in [1.165, 1.54) is 45.1 Å². The molecule has 2 aliphatic heterocycles. The molecular formula is C14H25NO2. The molecule has 0 aromatic carbocycles. The van der Waals surface area contributed by atoms with Crippen molar-refractivity contribution in [2.45, 2.75) is 50.7 Å². The lowest BCUT2D eigenvalue weighted by Crippen LogP contribution is -2.33. The zero-order valence-electron chi connectivity index (χ0n) is 10.8. The molecule has 0 N–H and O–H groups in total. The Morgan fingerprint density at radius 3 is 2.00 bits per heavy atom. The molecule has 2 heterocycles. The molecule has 0 radical (unpaired) electrons. The summed E-state index contributed by atoms with van der Waals surface area (Å²) in [6.45, 7) is 5.47. The van der Waals surface area contributed by atoms with Gasteiger partial charge in [0.05, 0.1) is 25.4 Å². The van der Waals surface area contributed by atoms with Crippen molar-refractivity contribution < 1.29 is 9.47 Å². The van der Waals surface area contributed by atoms with E-state index in [1.807, 2.05) is 0 Å². The molecule has 1 saturated carbocycles. The second-order valence-electron chi connectivity index (χ2n) is 5.96. The molecule has 3 aliphatic rings. The first kappa shape index (κ1) is 11.9. The van der Waals surface area contributed by atoms with Gasteiger partial charge >= 0.3 is 0 Å². The van der Waals surface area contributed by atoms with Gasteiger partial charge in [0.2, 0.25) is 0 Å². The van der Waals surface area contributed by atoms with Gasteiger partial charge in [-0.25, -0.2) is 0 Å². The van der Waals surface area contributed by atoms with E-state index in [1.54, 1.807) is 0 Å². The molecule has 98 valence electrons. The summed E-state index contributed by atoms with van der Waals surface area (Å²) < 4.78 is 10.7. The average molecular weight is 239 g/mol. The smallest absolute Gasteiger partial charge is 0.0936 e. The van der Waals surface area contributed by atoms with Gasteiger partial charge in [0.1, 0.15) is 0 Å². The number of ether oxygens (including phenoxy) is 2. The average Bonchev–Trinajstić information content (AvgIpc) is 3.23. The minimum atomic E-state index is 0.528. The van der Waals surface area contributed by atoms with E-state index in [2.05, 4.69) is 4.90 Å². The second-order valence-corrected chi connectivity index (χ2v) is 5.96. The largest absolute Gasteiger partial charge is 0.372 e. The van der Waals surface area contributed by atoms with E-state index < -0.39 is 0 Å². The molecule has 3 rings (SSSR count). The Bertz CT molecular complexity index is 218. The Hall–Kier alpha value is -0.120. The van der Waals surface area contributed by atoms with Crippen LogP contribution in [0.2, 0.25) is 0 Å². The fourth-order valence-electron chi connectivity index (χ4n) is 3.02. The molecule has 17 heavy (non-hydrogen) atoms. The molecule has 2 unspecified atom stereocenters. The van der Waals surface area contributed by atoms with E-state index in [0.717, 1.165) is 32.2 Å². The van der Waals surface area contributed by atoms with E-state index in [0.29, 0.717) is 12.2 Å². The van der Waals surface area contributed by atoms with Crippen molar-refractivity contribution >= 4 is 0 Å². The lowest BCUT2D eigenvalue weighted by Gasteiger charge is -2.26. The Morgan fingerprint density at radius 2 is 1.47 bits per heavy atom. The highest BCUT2D eigenvalue weighted by Gasteiger charge is 2.30. The highest BCUT2D eigenvalue weighted by molar-refractivity contribution is 4.80. The lowest BCUT2D eigenvalue weighted by molar-refractivity contribution is 0.197. The predicted octanol–water partition coefficient (Wildman–Crippen LogP) is 2.06. The van der Waals surface area contributed by atoms with E-state index >= 15 is 0 Å². The first-order chi connectivity index (χ1) is 8.40. The molecule has 3 heteroatoms. The van der Waals surface area contributed by atoms with Gasteiger partial charge in [-0.3, -0.25) is 4.90 Å². The quantitative estimate of drug-likeness (QED) is 0.637. The third kappa shape index (κ3) is 4.23. The van der Waals surface area contributed by atoms with Crippen LogP contribution in [0.3, 0.4) is 0 Å². The number of hydrogen-bond donors (Lipinski definition) is 0. The van der Waals surface area contributed by atoms with E-state index in [9.17, 15) is 0 Å². The molecule has 1 aliphatic carbocycles. The molecule has 3 fully saturated rings. The van der Waals surface area contributed by atoms with Gasteiger partial charge in [0.15, 0.2) is 0 Å². The lowest BCUT2D eigenvalue weighted by atomic mass is 9.87. The zero-order chi connectivity index (χ0) is 11.5. The summed E-state index contributed by atoms with van der Waals surface area (Å²) in [5.41, 5.74) is 0. The van der Waals surface area contributed by atoms with Crippen LogP contribution in [0.1, 0.15) is 38.5 Å². The predicted molar refractivity (Wildman–Crippen MR) is 67.1 cm³/mol. The van der Waals surface area contributed by atoms with Crippen LogP contribution in [0, 0.1) is 5.92 Å². The maximum atomic E-state index is 5.35. The van der Waals surface area contributed by atoms with Crippen molar-refractivity contribution in [3.8, 4) is 0 Å². The Morgan fingerprint density at radius 1 is 0.882 bits per heavy atom. The third-order valence-electron chi connectivity index (χ3n) is 4.31. The molecule has 2 saturated heterocycles. The number of hydrogen-bond acceptors (Lipinski definition) is 3. The van der Waals surface area contributed by atoms with Crippen LogP contribution in [0.4, 0.5) is 0 Å². The van der Waals surface area contributed by atoms with Crippen LogP contribution in [0.25, 0.3) is 0 Å². The first-order valence-corrected chi connectivity index (χ1v) is 7.36. The maximum absolute atomic E-state index is 5.35. The first-order valence-electron chi connectivity index (χ1n) is 7.36. The summed E-state index contributed by atoms with van der Waals surface area (Å²) in [5, 5.41) is 0. The van der Waals surface area contributed by atoms with Crippen LogP contribution in [-0.2, 0) is 9.47 Å². The van der Waals surface area contributed by atoms with Crippen LogP contribution < -0.4 is 0 Å². The number of rotatable bonds is 7. The second kappa shape index (κ2) is 5.68. The van der Waals surface area contributed by atoms with Gasteiger partial charge in [0, 0.05) is 13.1 Å². The van der Waals surface area contributed by atoms with Crippen LogP contribution >= 0.6 is 0 Å². The molecule has 0 amide bonds. The van der Waals surface area contributed by atoms with Gasteiger partial charge in [-0.2, -0.15) is 0 Å². The fourth-order valence-corrected chi connectivity index (χ4v) is 3.02. The molecule has 3 nitrogen and oxygen atoms in total. The fraction of sp³-hybridized carbons (Fsp3) is 1.00. The maximum Gasteiger partial charge on any atom is 0.0936 e. The van der Waals surface area contributed by atoms with Gasteiger partial charge in [-0.15, -0.1) is 0 Å². The normalized spacial score (nSPS) is 33.0. The Labute approximate surface area is 104 Å². The summed E-state index contributed by atoms with van der Waals surface area (Å²) in [6.07, 6.45) is 9.76. The minimum Gasteiger partial charge on any atom is -0.372 e. The summed E-state index contributed by atoms with van der Waals surface area (Å²) >= 11 is 0. The van der Waals surface area contributed by atoms with Gasteiger partial charge < -0.3 is 9.47 Å². The minimum absolute atomic E-state index is 0.528. The van der Waals surface area contributed by atoms with Gasteiger partial charge in [0.25, 0.3) is 0 Å².